The van der Waals surface area contributed by atoms with Gasteiger partial charge in [0, 0.05) is 38.5 Å². The predicted molar refractivity (Wildman–Crippen MR) is 188 cm³/mol. The van der Waals surface area contributed by atoms with Gasteiger partial charge in [-0.3, -0.25) is 0 Å². The van der Waals surface area contributed by atoms with Crippen LogP contribution in [0.4, 0.5) is 17.1 Å². The molecule has 0 atom stereocenters. The molecule has 6 heteroatoms. The van der Waals surface area contributed by atoms with Crippen LogP contribution in [0.5, 0.6) is 0 Å². The summed E-state index contributed by atoms with van der Waals surface area (Å²) in [5, 5.41) is 4.99. The second-order valence-electron chi connectivity index (χ2n) is 12.4. The van der Waals surface area contributed by atoms with Crippen molar-refractivity contribution >= 4 is 38.9 Å². The Balaban J connectivity index is 0.00000392. The fourth-order valence-corrected chi connectivity index (χ4v) is 6.74. The zero-order valence-corrected chi connectivity index (χ0v) is 28.8. The molecule has 0 bridgehead atoms. The number of fused-ring (bicyclic) bond motifs is 4. The number of rotatable bonds is 5. The first-order chi connectivity index (χ1) is 23.5. The van der Waals surface area contributed by atoms with E-state index in [1.807, 2.05) is 36.5 Å². The van der Waals surface area contributed by atoms with Crippen LogP contribution in [0.1, 0.15) is 40.2 Å². The number of hydrogen-bond donors (Lipinski definition) is 0. The number of hydrogen-bond acceptors (Lipinski definition) is 3. The van der Waals surface area contributed by atoms with E-state index in [1.165, 1.54) is 16.7 Å². The predicted octanol–water partition coefficient (Wildman–Crippen LogP) is 9.81. The molecule has 0 unspecified atom stereocenters. The van der Waals surface area contributed by atoms with Gasteiger partial charge in [-0.05, 0) is 77.2 Å². The van der Waals surface area contributed by atoms with Crippen molar-refractivity contribution in [3.8, 4) is 16.9 Å². The zero-order chi connectivity index (χ0) is 34.1. The Morgan fingerprint density at radius 1 is 0.745 bits per heavy atom. The van der Waals surface area contributed by atoms with Gasteiger partial charge in [0.05, 0.1) is 11.1 Å². The maximum Gasteiger partial charge on any atom is 0.145 e. The van der Waals surface area contributed by atoms with Crippen molar-refractivity contribution in [1.29, 1.82) is 0 Å². The Morgan fingerprint density at radius 2 is 1.47 bits per heavy atom. The smallest absolute Gasteiger partial charge is 0.145 e. The summed E-state index contributed by atoms with van der Waals surface area (Å²) in [4.78, 5) is 9.39. The van der Waals surface area contributed by atoms with Gasteiger partial charge < -0.3 is 4.57 Å². The molecule has 7 aromatic rings. The van der Waals surface area contributed by atoms with Gasteiger partial charge >= 0.3 is 0 Å². The number of hydroxylamine groups is 1. The molecule has 236 valence electrons. The molecule has 1 aliphatic heterocycles. The Kier molecular flexibility index (Phi) is 6.90. The van der Waals surface area contributed by atoms with Crippen molar-refractivity contribution < 1.29 is 30.1 Å². The van der Waals surface area contributed by atoms with Gasteiger partial charge in [-0.1, -0.05) is 67.9 Å². The maximum atomic E-state index is 8.04. The van der Waals surface area contributed by atoms with E-state index in [9.17, 15) is 0 Å². The molecule has 3 heterocycles. The summed E-state index contributed by atoms with van der Waals surface area (Å²) in [5.74, 6) is 0.833. The van der Waals surface area contributed by atoms with E-state index in [4.69, 9.17) is 9.10 Å². The summed E-state index contributed by atoms with van der Waals surface area (Å²) >= 11 is 0. The third kappa shape index (κ3) is 5.06. The second kappa shape index (κ2) is 11.8. The monoisotopic (exact) mass is 797 g/mol. The molecule has 1 N–H and O–H groups in total. The third-order valence-electron chi connectivity index (χ3n) is 9.20. The summed E-state index contributed by atoms with van der Waals surface area (Å²) < 4.78 is 26.3. The minimum Gasteiger partial charge on any atom is -0.319 e. The van der Waals surface area contributed by atoms with Crippen LogP contribution in [0, 0.1) is 26.0 Å². The first-order valence-corrected chi connectivity index (χ1v) is 15.4. The molecule has 0 radical (unpaired) electrons. The fraction of sp³-hybridized carbons (Fsp3) is 0.146. The van der Waals surface area contributed by atoms with Crippen molar-refractivity contribution in [2.45, 2.75) is 33.1 Å². The van der Waals surface area contributed by atoms with Crippen LogP contribution in [0.15, 0.2) is 115 Å². The van der Waals surface area contributed by atoms with E-state index in [0.717, 1.165) is 49.4 Å². The zero-order valence-electron chi connectivity index (χ0n) is 29.5. The molecule has 0 spiro atoms. The van der Waals surface area contributed by atoms with Crippen LogP contribution in [-0.4, -0.2) is 21.5 Å². The number of benzene rings is 5. The van der Waals surface area contributed by atoms with Crippen LogP contribution < -0.4 is 10.1 Å². The Morgan fingerprint density at radius 3 is 2.28 bits per heavy atom. The van der Waals surface area contributed by atoms with Gasteiger partial charge in [-0.15, -0.1) is 27.6 Å². The van der Waals surface area contributed by atoms with Crippen LogP contribution in [-0.2, 0) is 26.5 Å². The van der Waals surface area contributed by atoms with E-state index in [0.29, 0.717) is 17.1 Å². The number of pyridine rings is 1. The topological polar surface area (TPSA) is 37.1 Å². The quantitative estimate of drug-likeness (QED) is 0.129. The van der Waals surface area contributed by atoms with E-state index < -0.39 is 12.4 Å². The number of aromatic nitrogens is 2. The van der Waals surface area contributed by atoms with Crippen molar-refractivity contribution in [2.24, 2.45) is 0 Å². The molecule has 5 aromatic carbocycles. The second-order valence-corrected chi connectivity index (χ2v) is 12.4. The molecule has 1 aliphatic rings. The minimum atomic E-state index is -2.42. The molecular formula is C41H35N4OPt-. The number of para-hydroxylation sites is 3. The average Bonchev–Trinajstić information content (AvgIpc) is 3.65. The molecule has 0 amide bonds. The van der Waals surface area contributed by atoms with Crippen LogP contribution >= 0.6 is 0 Å². The summed E-state index contributed by atoms with van der Waals surface area (Å²) in [5.41, 5.74) is 10.1. The van der Waals surface area contributed by atoms with Crippen molar-refractivity contribution in [3.63, 3.8) is 0 Å². The normalized spacial score (nSPS) is 14.1. The summed E-state index contributed by atoms with van der Waals surface area (Å²) in [6.45, 7) is 6.21. The maximum absolute atomic E-state index is 8.04. The fourth-order valence-electron chi connectivity index (χ4n) is 6.74. The van der Waals surface area contributed by atoms with Crippen LogP contribution in [0.25, 0.3) is 38.8 Å². The van der Waals surface area contributed by atoms with E-state index >= 15 is 0 Å². The van der Waals surface area contributed by atoms with Crippen molar-refractivity contribution in [3.05, 3.63) is 150 Å². The molecule has 47 heavy (non-hydrogen) atoms. The largest absolute Gasteiger partial charge is 0.319 e. The van der Waals surface area contributed by atoms with Gasteiger partial charge in [-0.2, -0.15) is 46.4 Å². The molecular weight excluding hydrogens is 760 g/mol. The van der Waals surface area contributed by atoms with Gasteiger partial charge in [-0.25, -0.2) is 4.98 Å². The summed E-state index contributed by atoms with van der Waals surface area (Å²) in [6.07, 6.45) is 1.89. The summed E-state index contributed by atoms with van der Waals surface area (Å²) in [6, 6.07) is 44.1. The summed E-state index contributed by atoms with van der Waals surface area (Å²) in [7, 11) is 0. The molecule has 8 rings (SSSR count). The molecule has 0 fully saturated rings. The van der Waals surface area contributed by atoms with Crippen LogP contribution in [0.2, 0.25) is 0 Å². The van der Waals surface area contributed by atoms with Gasteiger partial charge in [0.2, 0.25) is 0 Å². The molecule has 0 saturated carbocycles. The van der Waals surface area contributed by atoms with E-state index in [2.05, 4.69) is 122 Å². The molecule has 0 saturated heterocycles. The van der Waals surface area contributed by atoms with Crippen molar-refractivity contribution in [2.75, 3.05) is 17.1 Å². The third-order valence-corrected chi connectivity index (χ3v) is 9.20. The van der Waals surface area contributed by atoms with Crippen LogP contribution in [0.3, 0.4) is 0 Å². The SMILES string of the molecule is [2H]C([2H])([2H])N1[OH+]N(c2[c-]c(C(C)(C)c3[c-]c4c(cc3)c3ccccc3n4-c3cc(-c4c(C)cccc4C)ccn3)ccc2)c2ccccc21.[Pt]. The van der Waals surface area contributed by atoms with Crippen molar-refractivity contribution in [1.82, 2.24) is 9.55 Å². The van der Waals surface area contributed by atoms with Gasteiger partial charge in [0.1, 0.15) is 17.2 Å². The molecule has 0 aliphatic carbocycles. The average molecular weight is 798 g/mol. The van der Waals surface area contributed by atoms with E-state index in [-0.39, 0.29) is 21.1 Å². The molecule has 2 aromatic heterocycles. The first-order valence-electron chi connectivity index (χ1n) is 16.9. The molecule has 5 nitrogen and oxygen atoms in total. The number of anilines is 3. The van der Waals surface area contributed by atoms with Gasteiger partial charge in [0.25, 0.3) is 0 Å². The van der Waals surface area contributed by atoms with E-state index in [1.54, 1.807) is 11.1 Å². The number of nitrogens with zero attached hydrogens (tertiary/aromatic N) is 4. The Labute approximate surface area is 294 Å². The standard InChI is InChI=1S/C41H34N4O.Pt/c1-27-12-10-13-28(2)40(27)29-22-23-42-39(24-29)44-35-17-7-6-16-33(35)34-21-20-31(26-38(34)44)41(3,4)30-14-11-15-32(25-30)45-37-19-9-8-18-36(37)43(5)46-45;/h6-24H,1-5H3;/q-2;/p+1/i5D3;. The Hall–Kier alpha value is -4.70. The Bertz CT molecular complexity index is 2380. The van der Waals surface area contributed by atoms with Gasteiger partial charge in [0.15, 0.2) is 0 Å². The number of aryl methyl sites for hydroxylation is 2. The minimum absolute atomic E-state index is 0. The first kappa shape index (κ1) is 27.4.